The SMILES string of the molecule is CCSc1nnc(N)n1C(C)C(=O)Nc1ccc(OC)c(OC)c1. The zero-order valence-electron chi connectivity index (χ0n) is 14.1. The fraction of sp³-hybridized carbons (Fsp3) is 0.400. The molecule has 24 heavy (non-hydrogen) atoms. The normalized spacial score (nSPS) is 11.8. The number of aromatic nitrogens is 3. The summed E-state index contributed by atoms with van der Waals surface area (Å²) in [5.74, 6) is 1.91. The van der Waals surface area contributed by atoms with Gasteiger partial charge in [0.2, 0.25) is 11.9 Å². The van der Waals surface area contributed by atoms with Crippen LogP contribution in [0, 0.1) is 0 Å². The van der Waals surface area contributed by atoms with Gasteiger partial charge in [-0.15, -0.1) is 10.2 Å². The van der Waals surface area contributed by atoms with Crippen molar-refractivity contribution in [3.8, 4) is 11.5 Å². The Morgan fingerprint density at radius 2 is 2.04 bits per heavy atom. The molecule has 0 radical (unpaired) electrons. The lowest BCUT2D eigenvalue weighted by molar-refractivity contribution is -0.118. The minimum Gasteiger partial charge on any atom is -0.493 e. The predicted octanol–water partition coefficient (Wildman–Crippen LogP) is 2.19. The van der Waals surface area contributed by atoms with E-state index in [1.807, 2.05) is 6.92 Å². The maximum atomic E-state index is 12.5. The second-order valence-corrected chi connectivity index (χ2v) is 6.11. The quantitative estimate of drug-likeness (QED) is 0.737. The molecule has 0 saturated heterocycles. The van der Waals surface area contributed by atoms with Gasteiger partial charge in [-0.3, -0.25) is 9.36 Å². The lowest BCUT2D eigenvalue weighted by Gasteiger charge is -2.17. The van der Waals surface area contributed by atoms with E-state index in [0.717, 1.165) is 5.75 Å². The van der Waals surface area contributed by atoms with E-state index in [-0.39, 0.29) is 11.9 Å². The van der Waals surface area contributed by atoms with Gasteiger partial charge in [-0.05, 0) is 24.8 Å². The summed E-state index contributed by atoms with van der Waals surface area (Å²) >= 11 is 1.48. The zero-order valence-corrected chi connectivity index (χ0v) is 14.9. The molecule has 9 heteroatoms. The van der Waals surface area contributed by atoms with E-state index in [4.69, 9.17) is 15.2 Å². The van der Waals surface area contributed by atoms with Gasteiger partial charge in [-0.2, -0.15) is 0 Å². The van der Waals surface area contributed by atoms with Crippen molar-refractivity contribution in [3.05, 3.63) is 18.2 Å². The number of amides is 1. The number of ether oxygens (including phenoxy) is 2. The number of thioether (sulfide) groups is 1. The number of nitrogens with zero attached hydrogens (tertiary/aromatic N) is 3. The van der Waals surface area contributed by atoms with Crippen LogP contribution in [0.25, 0.3) is 0 Å². The highest BCUT2D eigenvalue weighted by Crippen LogP contribution is 2.30. The molecule has 3 N–H and O–H groups in total. The van der Waals surface area contributed by atoms with Crippen LogP contribution in [0.15, 0.2) is 23.4 Å². The van der Waals surface area contributed by atoms with Crippen molar-refractivity contribution in [3.63, 3.8) is 0 Å². The average molecular weight is 351 g/mol. The smallest absolute Gasteiger partial charge is 0.247 e. The molecule has 0 aliphatic heterocycles. The fourth-order valence-corrected chi connectivity index (χ4v) is 2.91. The van der Waals surface area contributed by atoms with Gasteiger partial charge < -0.3 is 20.5 Å². The Bertz CT molecular complexity index is 719. The van der Waals surface area contributed by atoms with Crippen LogP contribution >= 0.6 is 11.8 Å². The summed E-state index contributed by atoms with van der Waals surface area (Å²) in [4.78, 5) is 12.5. The third-order valence-corrected chi connectivity index (χ3v) is 4.21. The molecule has 2 aromatic rings. The Morgan fingerprint density at radius 1 is 1.33 bits per heavy atom. The van der Waals surface area contributed by atoms with Crippen LogP contribution in [-0.2, 0) is 4.79 Å². The first-order valence-corrected chi connectivity index (χ1v) is 8.36. The number of carbonyl (C=O) groups is 1. The minimum atomic E-state index is -0.554. The summed E-state index contributed by atoms with van der Waals surface area (Å²) in [6.45, 7) is 3.74. The molecule has 1 aromatic carbocycles. The molecular formula is C15H21N5O3S. The number of rotatable bonds is 7. The van der Waals surface area contributed by atoms with Gasteiger partial charge in [0.25, 0.3) is 0 Å². The van der Waals surface area contributed by atoms with E-state index in [1.54, 1.807) is 36.8 Å². The fourth-order valence-electron chi connectivity index (χ4n) is 2.16. The monoisotopic (exact) mass is 351 g/mol. The van der Waals surface area contributed by atoms with Gasteiger partial charge in [-0.1, -0.05) is 18.7 Å². The number of nitrogen functional groups attached to an aromatic ring is 1. The molecule has 2 rings (SSSR count). The number of hydrogen-bond donors (Lipinski definition) is 2. The summed E-state index contributed by atoms with van der Waals surface area (Å²) in [6.07, 6.45) is 0. The van der Waals surface area contributed by atoms with Gasteiger partial charge in [-0.25, -0.2) is 0 Å². The maximum absolute atomic E-state index is 12.5. The number of nitrogens with one attached hydrogen (secondary N) is 1. The molecule has 130 valence electrons. The molecule has 1 atom stereocenters. The minimum absolute atomic E-state index is 0.209. The predicted molar refractivity (Wildman–Crippen MR) is 93.7 cm³/mol. The Kier molecular flexibility index (Phi) is 5.91. The van der Waals surface area contributed by atoms with E-state index in [1.165, 1.54) is 18.9 Å². The van der Waals surface area contributed by atoms with E-state index in [9.17, 15) is 4.79 Å². The highest BCUT2D eigenvalue weighted by atomic mass is 32.2. The van der Waals surface area contributed by atoms with Crippen LogP contribution in [-0.4, -0.2) is 40.6 Å². The van der Waals surface area contributed by atoms with Crippen LogP contribution in [0.2, 0.25) is 0 Å². The van der Waals surface area contributed by atoms with Crippen molar-refractivity contribution < 1.29 is 14.3 Å². The third kappa shape index (κ3) is 3.73. The Morgan fingerprint density at radius 3 is 2.67 bits per heavy atom. The van der Waals surface area contributed by atoms with Crippen LogP contribution in [0.1, 0.15) is 19.9 Å². The summed E-state index contributed by atoms with van der Waals surface area (Å²) in [6, 6.07) is 4.61. The van der Waals surface area contributed by atoms with Gasteiger partial charge in [0.05, 0.1) is 14.2 Å². The molecule has 8 nitrogen and oxygen atoms in total. The van der Waals surface area contributed by atoms with Crippen molar-refractivity contribution in [1.82, 2.24) is 14.8 Å². The highest BCUT2D eigenvalue weighted by Gasteiger charge is 2.22. The first-order valence-electron chi connectivity index (χ1n) is 7.37. The summed E-state index contributed by atoms with van der Waals surface area (Å²) < 4.78 is 12.0. The van der Waals surface area contributed by atoms with E-state index in [0.29, 0.717) is 22.3 Å². The van der Waals surface area contributed by atoms with Crippen LogP contribution in [0.3, 0.4) is 0 Å². The van der Waals surface area contributed by atoms with Crippen LogP contribution in [0.5, 0.6) is 11.5 Å². The van der Waals surface area contributed by atoms with E-state index in [2.05, 4.69) is 15.5 Å². The van der Waals surface area contributed by atoms with Crippen molar-refractivity contribution >= 4 is 29.3 Å². The summed E-state index contributed by atoms with van der Waals surface area (Å²) in [5, 5.41) is 11.3. The summed E-state index contributed by atoms with van der Waals surface area (Å²) in [7, 11) is 3.10. The van der Waals surface area contributed by atoms with Gasteiger partial charge in [0, 0.05) is 11.8 Å². The number of benzene rings is 1. The number of anilines is 2. The zero-order chi connectivity index (χ0) is 17.7. The second kappa shape index (κ2) is 7.91. The molecule has 0 aliphatic carbocycles. The first kappa shape index (κ1) is 17.9. The molecule has 0 spiro atoms. The largest absolute Gasteiger partial charge is 0.493 e. The number of methoxy groups -OCH3 is 2. The molecule has 1 aromatic heterocycles. The number of nitrogens with two attached hydrogens (primary N) is 1. The molecule has 1 heterocycles. The van der Waals surface area contributed by atoms with Crippen molar-refractivity contribution in [2.24, 2.45) is 0 Å². The van der Waals surface area contributed by atoms with E-state index < -0.39 is 6.04 Å². The standard InChI is InChI=1S/C15H21N5O3S/c1-5-24-15-19-18-14(16)20(15)9(2)13(21)17-10-6-7-11(22-3)12(8-10)23-4/h6-9H,5H2,1-4H3,(H2,16,18)(H,17,21). The molecule has 0 aliphatic rings. The van der Waals surface area contributed by atoms with Crippen LogP contribution < -0.4 is 20.5 Å². The van der Waals surface area contributed by atoms with E-state index >= 15 is 0 Å². The Balaban J connectivity index is 2.19. The average Bonchev–Trinajstić information content (AvgIpc) is 2.94. The maximum Gasteiger partial charge on any atom is 0.247 e. The van der Waals surface area contributed by atoms with Crippen molar-refractivity contribution in [2.45, 2.75) is 25.0 Å². The molecular weight excluding hydrogens is 330 g/mol. The van der Waals surface area contributed by atoms with Crippen molar-refractivity contribution in [2.75, 3.05) is 31.0 Å². The Hall–Kier alpha value is -2.42. The van der Waals surface area contributed by atoms with Crippen LogP contribution in [0.4, 0.5) is 11.6 Å². The first-order chi connectivity index (χ1) is 11.5. The third-order valence-electron chi connectivity index (χ3n) is 3.38. The summed E-state index contributed by atoms with van der Waals surface area (Å²) in [5.41, 5.74) is 6.44. The second-order valence-electron chi connectivity index (χ2n) is 4.88. The molecule has 1 unspecified atom stereocenters. The molecule has 1 amide bonds. The lowest BCUT2D eigenvalue weighted by Crippen LogP contribution is -2.25. The topological polar surface area (TPSA) is 104 Å². The number of hydrogen-bond acceptors (Lipinski definition) is 7. The highest BCUT2D eigenvalue weighted by molar-refractivity contribution is 7.99. The lowest BCUT2D eigenvalue weighted by atomic mass is 10.2. The number of carbonyl (C=O) groups excluding carboxylic acids is 1. The van der Waals surface area contributed by atoms with Gasteiger partial charge >= 0.3 is 0 Å². The molecule has 0 saturated carbocycles. The molecule has 0 bridgehead atoms. The Labute approximate surface area is 144 Å². The van der Waals surface area contributed by atoms with Crippen molar-refractivity contribution in [1.29, 1.82) is 0 Å². The molecule has 0 fully saturated rings. The van der Waals surface area contributed by atoms with Gasteiger partial charge in [0.1, 0.15) is 6.04 Å². The van der Waals surface area contributed by atoms with Gasteiger partial charge in [0.15, 0.2) is 16.7 Å².